The largest absolute Gasteiger partial charge is 0.462 e. The maximum atomic E-state index is 14.6. The summed E-state index contributed by atoms with van der Waals surface area (Å²) in [4.78, 5) is 42.5. The van der Waals surface area contributed by atoms with E-state index in [2.05, 4.69) is 10.3 Å². The van der Waals surface area contributed by atoms with Crippen LogP contribution in [0.3, 0.4) is 0 Å². The van der Waals surface area contributed by atoms with E-state index in [4.69, 9.17) is 4.74 Å². The molecule has 3 aromatic carbocycles. The number of thioether (sulfide) groups is 1. The fraction of sp³-hybridized carbons (Fsp3) is 0.120. The summed E-state index contributed by atoms with van der Waals surface area (Å²) in [5, 5.41) is 2.94. The van der Waals surface area contributed by atoms with E-state index in [0.717, 1.165) is 28.5 Å². The molecule has 0 saturated heterocycles. The van der Waals surface area contributed by atoms with Crippen LogP contribution in [0, 0.1) is 11.6 Å². The smallest absolute Gasteiger partial charge is 0.340 e. The molecule has 0 bridgehead atoms. The first kappa shape index (κ1) is 24.1. The number of fused-ring (bicyclic) bond motifs is 1. The third-order valence-electron chi connectivity index (χ3n) is 4.92. The Morgan fingerprint density at radius 2 is 1.80 bits per heavy atom. The highest BCUT2D eigenvalue weighted by molar-refractivity contribution is 7.99. The predicted molar refractivity (Wildman–Crippen MR) is 129 cm³/mol. The number of aromatic nitrogens is 2. The summed E-state index contributed by atoms with van der Waals surface area (Å²) in [6.45, 7) is 1.86. The Kier molecular flexibility index (Phi) is 7.21. The Balaban J connectivity index is 1.65. The van der Waals surface area contributed by atoms with Crippen molar-refractivity contribution in [2.75, 3.05) is 17.7 Å². The molecular formula is C25H19F2N3O4S. The van der Waals surface area contributed by atoms with Crippen LogP contribution in [0.2, 0.25) is 0 Å². The van der Waals surface area contributed by atoms with Gasteiger partial charge in [0.05, 0.1) is 40.2 Å². The van der Waals surface area contributed by atoms with E-state index in [1.54, 1.807) is 49.4 Å². The van der Waals surface area contributed by atoms with Crippen molar-refractivity contribution in [2.45, 2.75) is 12.1 Å². The standard InChI is InChI=1S/C25H19F2N3O4S/c1-2-34-24(33)17-8-4-6-10-20(17)28-22(31)14-35-25-29-19-9-5-3-7-16(19)23(32)30(25)21-12-11-15(26)13-18(21)27/h3-13H,2,14H2,1H3,(H,28,31). The highest BCUT2D eigenvalue weighted by Gasteiger charge is 2.19. The molecule has 7 nitrogen and oxygen atoms in total. The van der Waals surface area contributed by atoms with E-state index >= 15 is 0 Å². The van der Waals surface area contributed by atoms with E-state index in [-0.39, 0.29) is 39.8 Å². The van der Waals surface area contributed by atoms with E-state index in [9.17, 15) is 23.2 Å². The number of esters is 1. The van der Waals surface area contributed by atoms with Gasteiger partial charge in [0, 0.05) is 6.07 Å². The highest BCUT2D eigenvalue weighted by Crippen LogP contribution is 2.24. The van der Waals surface area contributed by atoms with Crippen molar-refractivity contribution in [1.82, 2.24) is 9.55 Å². The van der Waals surface area contributed by atoms with Gasteiger partial charge in [-0.15, -0.1) is 0 Å². The van der Waals surface area contributed by atoms with Gasteiger partial charge in [-0.3, -0.25) is 14.2 Å². The second kappa shape index (κ2) is 10.5. The molecule has 4 aromatic rings. The van der Waals surface area contributed by atoms with Gasteiger partial charge in [-0.25, -0.2) is 18.6 Å². The molecule has 0 atom stereocenters. The average molecular weight is 496 g/mol. The van der Waals surface area contributed by atoms with Crippen molar-refractivity contribution in [3.63, 3.8) is 0 Å². The zero-order valence-corrected chi connectivity index (χ0v) is 19.3. The summed E-state index contributed by atoms with van der Waals surface area (Å²) in [7, 11) is 0. The van der Waals surface area contributed by atoms with Gasteiger partial charge in [-0.2, -0.15) is 0 Å². The van der Waals surface area contributed by atoms with Crippen LogP contribution in [0.4, 0.5) is 14.5 Å². The number of carbonyl (C=O) groups excluding carboxylic acids is 2. The lowest BCUT2D eigenvalue weighted by atomic mass is 10.2. The van der Waals surface area contributed by atoms with Gasteiger partial charge in [0.15, 0.2) is 5.16 Å². The molecule has 0 unspecified atom stereocenters. The number of ether oxygens (including phenoxy) is 1. The molecular weight excluding hydrogens is 476 g/mol. The summed E-state index contributed by atoms with van der Waals surface area (Å²) in [5.41, 5.74) is 0.0838. The van der Waals surface area contributed by atoms with Gasteiger partial charge >= 0.3 is 5.97 Å². The molecule has 1 amide bonds. The number of carbonyl (C=O) groups is 2. The fourth-order valence-corrected chi connectivity index (χ4v) is 4.19. The number of amides is 1. The summed E-state index contributed by atoms with van der Waals surface area (Å²) < 4.78 is 34.1. The van der Waals surface area contributed by atoms with Crippen molar-refractivity contribution < 1.29 is 23.1 Å². The first-order chi connectivity index (χ1) is 16.9. The monoisotopic (exact) mass is 495 g/mol. The van der Waals surface area contributed by atoms with E-state index in [0.29, 0.717) is 11.6 Å². The lowest BCUT2D eigenvalue weighted by Gasteiger charge is -2.14. The lowest BCUT2D eigenvalue weighted by molar-refractivity contribution is -0.113. The zero-order valence-electron chi connectivity index (χ0n) is 18.5. The third-order valence-corrected chi connectivity index (χ3v) is 5.86. The van der Waals surface area contributed by atoms with Gasteiger partial charge in [0.2, 0.25) is 5.91 Å². The molecule has 4 rings (SSSR count). The minimum atomic E-state index is -0.946. The molecule has 0 fully saturated rings. The molecule has 0 aliphatic rings. The van der Waals surface area contributed by atoms with Crippen LogP contribution in [0.1, 0.15) is 17.3 Å². The molecule has 1 heterocycles. The molecule has 35 heavy (non-hydrogen) atoms. The molecule has 10 heteroatoms. The second-order valence-electron chi connectivity index (χ2n) is 7.25. The number of halogens is 2. The molecule has 0 saturated carbocycles. The first-order valence-corrected chi connectivity index (χ1v) is 11.5. The topological polar surface area (TPSA) is 90.3 Å². The van der Waals surface area contributed by atoms with Gasteiger partial charge < -0.3 is 10.1 Å². The Labute approximate surface area is 202 Å². The van der Waals surface area contributed by atoms with Crippen molar-refractivity contribution in [2.24, 2.45) is 0 Å². The minimum Gasteiger partial charge on any atom is -0.462 e. The van der Waals surface area contributed by atoms with Gasteiger partial charge in [-0.1, -0.05) is 36.0 Å². The number of para-hydroxylation sites is 2. The normalized spacial score (nSPS) is 10.8. The van der Waals surface area contributed by atoms with E-state index < -0.39 is 29.1 Å². The maximum absolute atomic E-state index is 14.6. The zero-order chi connectivity index (χ0) is 24.9. The number of nitrogens with zero attached hydrogens (tertiary/aromatic N) is 2. The predicted octanol–water partition coefficient (Wildman–Crippen LogP) is 4.57. The molecule has 0 radical (unpaired) electrons. The van der Waals surface area contributed by atoms with Crippen LogP contribution in [0.15, 0.2) is 76.7 Å². The summed E-state index contributed by atoms with van der Waals surface area (Å²) in [6.07, 6.45) is 0. The second-order valence-corrected chi connectivity index (χ2v) is 8.19. The van der Waals surface area contributed by atoms with Crippen molar-refractivity contribution in [1.29, 1.82) is 0 Å². The number of benzene rings is 3. The fourth-order valence-electron chi connectivity index (χ4n) is 3.38. The molecule has 178 valence electrons. The molecule has 0 aliphatic heterocycles. The van der Waals surface area contributed by atoms with Gasteiger partial charge in [-0.05, 0) is 43.3 Å². The van der Waals surface area contributed by atoms with E-state index in [1.165, 1.54) is 6.07 Å². The Bertz CT molecular complexity index is 1490. The Hall–Kier alpha value is -4.05. The van der Waals surface area contributed by atoms with Crippen LogP contribution >= 0.6 is 11.8 Å². The summed E-state index contributed by atoms with van der Waals surface area (Å²) in [5.74, 6) is -3.00. The number of anilines is 1. The highest BCUT2D eigenvalue weighted by atomic mass is 32.2. The van der Waals surface area contributed by atoms with Crippen LogP contribution in [-0.2, 0) is 9.53 Å². The molecule has 0 spiro atoms. The molecule has 1 aromatic heterocycles. The quantitative estimate of drug-likeness (QED) is 0.230. The van der Waals surface area contributed by atoms with Gasteiger partial charge in [0.1, 0.15) is 11.6 Å². The number of hydrogen-bond acceptors (Lipinski definition) is 6. The van der Waals surface area contributed by atoms with Gasteiger partial charge in [0.25, 0.3) is 5.56 Å². The molecule has 0 aliphatic carbocycles. The lowest BCUT2D eigenvalue weighted by Crippen LogP contribution is -2.24. The van der Waals surface area contributed by atoms with Crippen LogP contribution < -0.4 is 10.9 Å². The Morgan fingerprint density at radius 1 is 1.06 bits per heavy atom. The van der Waals surface area contributed by atoms with Crippen LogP contribution in [0.25, 0.3) is 16.6 Å². The summed E-state index contributed by atoms with van der Waals surface area (Å²) in [6, 6.07) is 15.8. The minimum absolute atomic E-state index is 0.0491. The summed E-state index contributed by atoms with van der Waals surface area (Å²) >= 11 is 0.899. The average Bonchev–Trinajstić information content (AvgIpc) is 2.84. The first-order valence-electron chi connectivity index (χ1n) is 10.5. The van der Waals surface area contributed by atoms with Crippen molar-refractivity contribution in [3.8, 4) is 5.69 Å². The maximum Gasteiger partial charge on any atom is 0.340 e. The number of rotatable bonds is 7. The van der Waals surface area contributed by atoms with E-state index in [1.807, 2.05) is 0 Å². The number of hydrogen-bond donors (Lipinski definition) is 1. The van der Waals surface area contributed by atoms with Crippen LogP contribution in [-0.4, -0.2) is 33.8 Å². The number of nitrogens with one attached hydrogen (secondary N) is 1. The molecule has 1 N–H and O–H groups in total. The Morgan fingerprint density at radius 3 is 2.57 bits per heavy atom. The third kappa shape index (κ3) is 5.22. The van der Waals surface area contributed by atoms with Crippen molar-refractivity contribution in [3.05, 3.63) is 94.3 Å². The SMILES string of the molecule is CCOC(=O)c1ccccc1NC(=O)CSc1nc2ccccc2c(=O)n1-c1ccc(F)cc1F. The van der Waals surface area contributed by atoms with Crippen LogP contribution in [0.5, 0.6) is 0 Å². The van der Waals surface area contributed by atoms with Crippen molar-refractivity contribution >= 4 is 40.2 Å².